The van der Waals surface area contributed by atoms with E-state index >= 15 is 0 Å². The van der Waals surface area contributed by atoms with Gasteiger partial charge in [-0.05, 0) is 23.6 Å². The first kappa shape index (κ1) is 19.2. The molecule has 1 N–H and O–H groups in total. The van der Waals surface area contributed by atoms with Crippen LogP contribution in [0.3, 0.4) is 0 Å². The average Bonchev–Trinajstić information content (AvgIpc) is 2.54. The molecule has 2 atom stereocenters. The summed E-state index contributed by atoms with van der Waals surface area (Å²) in [6.07, 6.45) is -4.49. The lowest BCUT2D eigenvalue weighted by Crippen LogP contribution is -2.49. The molecule has 1 aliphatic rings. The molecule has 8 heteroatoms. The maximum Gasteiger partial charge on any atom is 0.416 e. The fourth-order valence-corrected chi connectivity index (χ4v) is 2.85. The standard InChI is InChI=1S/C17H20F3NO4/c1-11(12-2-4-13(5-3-12)17(18,19)20)8-15(22)21-6-7-25-10-14(21)9-16(23)24/h2-5,11,14H,6-10H2,1H3,(H,23,24). The molecule has 25 heavy (non-hydrogen) atoms. The predicted molar refractivity (Wildman–Crippen MR) is 83.0 cm³/mol. The van der Waals surface area contributed by atoms with E-state index in [9.17, 15) is 22.8 Å². The number of benzene rings is 1. The van der Waals surface area contributed by atoms with Gasteiger partial charge in [-0.2, -0.15) is 13.2 Å². The third-order valence-electron chi connectivity index (χ3n) is 4.25. The summed E-state index contributed by atoms with van der Waals surface area (Å²) in [5.74, 6) is -1.51. The van der Waals surface area contributed by atoms with Crippen LogP contribution in [0, 0.1) is 0 Å². The van der Waals surface area contributed by atoms with Crippen molar-refractivity contribution in [2.45, 2.75) is 37.9 Å². The molecule has 1 heterocycles. The van der Waals surface area contributed by atoms with Crippen molar-refractivity contribution in [2.75, 3.05) is 19.8 Å². The lowest BCUT2D eigenvalue weighted by atomic mass is 9.95. The van der Waals surface area contributed by atoms with Gasteiger partial charge in [-0.1, -0.05) is 19.1 Å². The second-order valence-corrected chi connectivity index (χ2v) is 6.14. The monoisotopic (exact) mass is 359 g/mol. The van der Waals surface area contributed by atoms with E-state index in [0.29, 0.717) is 18.7 Å². The lowest BCUT2D eigenvalue weighted by molar-refractivity contribution is -0.146. The minimum atomic E-state index is -4.39. The molecule has 1 saturated heterocycles. The van der Waals surface area contributed by atoms with Crippen molar-refractivity contribution in [1.82, 2.24) is 4.90 Å². The molecule has 0 radical (unpaired) electrons. The molecule has 5 nitrogen and oxygen atoms in total. The first-order valence-corrected chi connectivity index (χ1v) is 7.94. The van der Waals surface area contributed by atoms with Crippen LogP contribution in [-0.4, -0.2) is 47.7 Å². The van der Waals surface area contributed by atoms with Gasteiger partial charge in [-0.3, -0.25) is 9.59 Å². The smallest absolute Gasteiger partial charge is 0.416 e. The van der Waals surface area contributed by atoms with Gasteiger partial charge in [0.1, 0.15) is 0 Å². The Morgan fingerprint density at radius 3 is 2.52 bits per heavy atom. The maximum atomic E-state index is 12.6. The Bertz CT molecular complexity index is 615. The van der Waals surface area contributed by atoms with Gasteiger partial charge >= 0.3 is 12.1 Å². The highest BCUT2D eigenvalue weighted by Gasteiger charge is 2.31. The van der Waals surface area contributed by atoms with Crippen molar-refractivity contribution < 1.29 is 32.6 Å². The summed E-state index contributed by atoms with van der Waals surface area (Å²) in [5.41, 5.74) is -0.103. The number of carboxylic acid groups (broad SMARTS) is 1. The van der Waals surface area contributed by atoms with Gasteiger partial charge in [-0.15, -0.1) is 0 Å². The molecular weight excluding hydrogens is 339 g/mol. The van der Waals surface area contributed by atoms with Crippen LogP contribution in [0.4, 0.5) is 13.2 Å². The number of alkyl halides is 3. The van der Waals surface area contributed by atoms with Crippen LogP contribution in [0.25, 0.3) is 0 Å². The molecular formula is C17H20F3NO4. The number of hydrogen-bond acceptors (Lipinski definition) is 3. The van der Waals surface area contributed by atoms with E-state index in [-0.39, 0.29) is 31.3 Å². The number of aliphatic carboxylic acids is 1. The molecule has 0 bridgehead atoms. The molecule has 2 unspecified atom stereocenters. The number of amides is 1. The SMILES string of the molecule is CC(CC(=O)N1CCOCC1CC(=O)O)c1ccc(C(F)(F)F)cc1. The number of carbonyl (C=O) groups excluding carboxylic acids is 1. The van der Waals surface area contributed by atoms with E-state index in [1.807, 2.05) is 0 Å². The molecule has 1 aliphatic heterocycles. The first-order valence-electron chi connectivity index (χ1n) is 7.94. The van der Waals surface area contributed by atoms with E-state index in [1.54, 1.807) is 6.92 Å². The van der Waals surface area contributed by atoms with Crippen LogP contribution in [0.15, 0.2) is 24.3 Å². The lowest BCUT2D eigenvalue weighted by Gasteiger charge is -2.35. The van der Waals surface area contributed by atoms with E-state index in [1.165, 1.54) is 17.0 Å². The number of nitrogens with zero attached hydrogens (tertiary/aromatic N) is 1. The van der Waals surface area contributed by atoms with Gasteiger partial charge in [0.25, 0.3) is 0 Å². The largest absolute Gasteiger partial charge is 0.481 e. The van der Waals surface area contributed by atoms with Crippen LogP contribution in [0.5, 0.6) is 0 Å². The fraction of sp³-hybridized carbons (Fsp3) is 0.529. The van der Waals surface area contributed by atoms with E-state index < -0.39 is 23.8 Å². The van der Waals surface area contributed by atoms with Gasteiger partial charge < -0.3 is 14.7 Å². The van der Waals surface area contributed by atoms with Gasteiger partial charge in [0.05, 0.1) is 31.2 Å². The molecule has 0 saturated carbocycles. The van der Waals surface area contributed by atoms with Crippen LogP contribution in [0.2, 0.25) is 0 Å². The number of morpholine rings is 1. The summed E-state index contributed by atoms with van der Waals surface area (Å²) in [7, 11) is 0. The van der Waals surface area contributed by atoms with Crippen molar-refractivity contribution in [3.63, 3.8) is 0 Å². The van der Waals surface area contributed by atoms with Gasteiger partial charge in [-0.25, -0.2) is 0 Å². The Morgan fingerprint density at radius 1 is 1.32 bits per heavy atom. The van der Waals surface area contributed by atoms with E-state index in [0.717, 1.165) is 12.1 Å². The third kappa shape index (κ3) is 5.19. The van der Waals surface area contributed by atoms with Crippen LogP contribution >= 0.6 is 0 Å². The molecule has 138 valence electrons. The van der Waals surface area contributed by atoms with Gasteiger partial charge in [0, 0.05) is 13.0 Å². The summed E-state index contributed by atoms with van der Waals surface area (Å²) in [6.45, 7) is 2.59. The Hall–Kier alpha value is -2.09. The second kappa shape index (κ2) is 7.86. The molecule has 1 amide bonds. The highest BCUT2D eigenvalue weighted by Crippen LogP contribution is 2.31. The van der Waals surface area contributed by atoms with E-state index in [4.69, 9.17) is 9.84 Å². The first-order chi connectivity index (χ1) is 11.7. The number of hydrogen-bond donors (Lipinski definition) is 1. The van der Waals surface area contributed by atoms with Crippen molar-refractivity contribution in [2.24, 2.45) is 0 Å². The van der Waals surface area contributed by atoms with Crippen molar-refractivity contribution >= 4 is 11.9 Å². The van der Waals surface area contributed by atoms with Crippen molar-refractivity contribution in [1.29, 1.82) is 0 Å². The zero-order valence-corrected chi connectivity index (χ0v) is 13.8. The van der Waals surface area contributed by atoms with E-state index in [2.05, 4.69) is 0 Å². The minimum Gasteiger partial charge on any atom is -0.481 e. The van der Waals surface area contributed by atoms with Crippen molar-refractivity contribution in [3.8, 4) is 0 Å². The van der Waals surface area contributed by atoms with Crippen molar-refractivity contribution in [3.05, 3.63) is 35.4 Å². The van der Waals surface area contributed by atoms with Crippen LogP contribution < -0.4 is 0 Å². The molecule has 2 rings (SSSR count). The summed E-state index contributed by atoms with van der Waals surface area (Å²) >= 11 is 0. The second-order valence-electron chi connectivity index (χ2n) is 6.14. The molecule has 0 aliphatic carbocycles. The predicted octanol–water partition coefficient (Wildman–Crippen LogP) is 2.90. The highest BCUT2D eigenvalue weighted by molar-refractivity contribution is 5.78. The van der Waals surface area contributed by atoms with Gasteiger partial charge in [0.15, 0.2) is 0 Å². The number of rotatable bonds is 5. The number of carbonyl (C=O) groups is 2. The summed E-state index contributed by atoms with van der Waals surface area (Å²) in [4.78, 5) is 24.9. The zero-order chi connectivity index (χ0) is 18.6. The van der Waals surface area contributed by atoms with Crippen LogP contribution in [0.1, 0.15) is 36.8 Å². The van der Waals surface area contributed by atoms with Crippen LogP contribution in [-0.2, 0) is 20.5 Å². The summed E-state index contributed by atoms with van der Waals surface area (Å²) in [6, 6.07) is 4.22. The minimum absolute atomic E-state index is 0.0987. The molecule has 0 aromatic heterocycles. The van der Waals surface area contributed by atoms with Gasteiger partial charge in [0.2, 0.25) is 5.91 Å². The maximum absolute atomic E-state index is 12.6. The third-order valence-corrected chi connectivity index (χ3v) is 4.25. The quantitative estimate of drug-likeness (QED) is 0.878. The number of carboxylic acids is 1. The fourth-order valence-electron chi connectivity index (χ4n) is 2.85. The normalized spacial score (nSPS) is 19.5. The summed E-state index contributed by atoms with van der Waals surface area (Å²) < 4.78 is 43.0. The molecule has 1 aromatic rings. The Kier molecular flexibility index (Phi) is 6.05. The highest BCUT2D eigenvalue weighted by atomic mass is 19.4. The molecule has 0 spiro atoms. The zero-order valence-electron chi connectivity index (χ0n) is 13.8. The Morgan fingerprint density at radius 2 is 1.96 bits per heavy atom. The summed E-state index contributed by atoms with van der Waals surface area (Å²) in [5, 5.41) is 8.93. The number of halogens is 3. The topological polar surface area (TPSA) is 66.8 Å². The Balaban J connectivity index is 2.02. The number of ether oxygens (including phenoxy) is 1. The Labute approximate surface area is 143 Å². The average molecular weight is 359 g/mol. The molecule has 1 aromatic carbocycles. The molecule has 1 fully saturated rings.